The monoisotopic (exact) mass is 458 g/mol. The summed E-state index contributed by atoms with van der Waals surface area (Å²) in [6.07, 6.45) is 5.59. The van der Waals surface area contributed by atoms with Crippen LogP contribution in [0.25, 0.3) is 0 Å². The van der Waals surface area contributed by atoms with E-state index in [1.165, 1.54) is 0 Å². The van der Waals surface area contributed by atoms with Crippen molar-refractivity contribution < 1.29 is 38.9 Å². The van der Waals surface area contributed by atoms with Crippen LogP contribution in [0.2, 0.25) is 0 Å². The summed E-state index contributed by atoms with van der Waals surface area (Å²) in [6, 6.07) is 1.10. The molecule has 186 valence electrons. The van der Waals surface area contributed by atoms with Crippen LogP contribution in [-0.4, -0.2) is 62.3 Å². The third-order valence-electron chi connectivity index (χ3n) is 5.15. The molecule has 32 heavy (non-hydrogen) atoms. The van der Waals surface area contributed by atoms with Crippen molar-refractivity contribution in [1.82, 2.24) is 10.6 Å². The lowest BCUT2D eigenvalue weighted by Crippen LogP contribution is -2.42. The van der Waals surface area contributed by atoms with Gasteiger partial charge in [0.2, 0.25) is 0 Å². The maximum atomic E-state index is 11.2. The summed E-state index contributed by atoms with van der Waals surface area (Å²) in [7, 11) is 0. The van der Waals surface area contributed by atoms with E-state index in [2.05, 4.69) is 24.5 Å². The lowest BCUT2D eigenvalue weighted by Gasteiger charge is -2.27. The van der Waals surface area contributed by atoms with Crippen molar-refractivity contribution >= 4 is 23.9 Å². The highest BCUT2D eigenvalue weighted by molar-refractivity contribution is 6.25. The van der Waals surface area contributed by atoms with Crippen molar-refractivity contribution in [3.63, 3.8) is 0 Å². The zero-order valence-electron chi connectivity index (χ0n) is 19.6. The summed E-state index contributed by atoms with van der Waals surface area (Å²) < 4.78 is 9.84. The molecule has 0 aliphatic carbocycles. The zero-order chi connectivity index (χ0) is 24.5. The average Bonchev–Trinajstić information content (AvgIpc) is 2.69. The van der Waals surface area contributed by atoms with Crippen molar-refractivity contribution in [2.45, 2.75) is 78.3 Å². The molecule has 4 unspecified atom stereocenters. The van der Waals surface area contributed by atoms with Crippen molar-refractivity contribution in [3.05, 3.63) is 0 Å². The van der Waals surface area contributed by atoms with Crippen LogP contribution in [0.15, 0.2) is 0 Å². The largest absolute Gasteiger partial charge is 0.543 e. The Morgan fingerprint density at radius 3 is 1.34 bits per heavy atom. The first-order valence-corrected chi connectivity index (χ1v) is 11.3. The topological polar surface area (TPSA) is 157 Å². The molecule has 0 spiro atoms. The number of esters is 2. The predicted octanol–water partition coefficient (Wildman–Crippen LogP) is -0.858. The van der Waals surface area contributed by atoms with Gasteiger partial charge in [0, 0.05) is 24.9 Å². The van der Waals surface area contributed by atoms with Gasteiger partial charge >= 0.3 is 11.9 Å². The third-order valence-corrected chi connectivity index (χ3v) is 5.15. The van der Waals surface area contributed by atoms with Gasteiger partial charge < -0.3 is 39.9 Å². The molecular weight excluding hydrogens is 420 g/mol. The summed E-state index contributed by atoms with van der Waals surface area (Å²) in [5.74, 6) is -3.40. The zero-order valence-corrected chi connectivity index (χ0v) is 19.6. The summed E-state index contributed by atoms with van der Waals surface area (Å²) in [6.45, 7) is 11.1. The van der Waals surface area contributed by atoms with Gasteiger partial charge in [-0.15, -0.1) is 0 Å². The van der Waals surface area contributed by atoms with E-state index in [-0.39, 0.29) is 11.9 Å². The van der Waals surface area contributed by atoms with Crippen molar-refractivity contribution in [2.24, 2.45) is 11.8 Å². The minimum absolute atomic E-state index is 0.0402. The maximum absolute atomic E-state index is 11.2. The van der Waals surface area contributed by atoms with E-state index in [9.17, 15) is 9.59 Å². The fraction of sp³-hybridized carbons (Fsp3) is 0.818. The molecule has 2 saturated heterocycles. The highest BCUT2D eigenvalue weighted by atomic mass is 16.5. The number of aliphatic carboxylic acids is 2. The van der Waals surface area contributed by atoms with Gasteiger partial charge in [-0.25, -0.2) is 0 Å². The number of rotatable bonds is 6. The molecule has 2 N–H and O–H groups in total. The Hall–Kier alpha value is -2.20. The summed E-state index contributed by atoms with van der Waals surface area (Å²) in [5.41, 5.74) is 0. The van der Waals surface area contributed by atoms with E-state index >= 15 is 0 Å². The Morgan fingerprint density at radius 2 is 1.09 bits per heavy atom. The summed E-state index contributed by atoms with van der Waals surface area (Å²) >= 11 is 0. The number of ether oxygens (including phenoxy) is 2. The second kappa shape index (κ2) is 17.4. The highest BCUT2D eigenvalue weighted by Gasteiger charge is 2.22. The Balaban J connectivity index is 0.000000484. The number of carbonyl (C=O) groups excluding carboxylic acids is 4. The van der Waals surface area contributed by atoms with E-state index in [1.54, 1.807) is 0 Å². The second-order valence-corrected chi connectivity index (χ2v) is 8.08. The molecule has 2 aliphatic heterocycles. The normalized spacial score (nSPS) is 24.5. The van der Waals surface area contributed by atoms with Crippen molar-refractivity contribution in [1.29, 1.82) is 0 Å². The van der Waals surface area contributed by atoms with E-state index in [0.29, 0.717) is 50.0 Å². The number of hydrogen-bond donors (Lipinski definition) is 2. The van der Waals surface area contributed by atoms with E-state index < -0.39 is 11.9 Å². The van der Waals surface area contributed by atoms with Crippen LogP contribution in [0.4, 0.5) is 0 Å². The molecule has 0 radical (unpaired) electrons. The first-order chi connectivity index (χ1) is 15.1. The first kappa shape index (κ1) is 29.8. The van der Waals surface area contributed by atoms with Gasteiger partial charge in [0.15, 0.2) is 0 Å². The number of nitrogens with one attached hydrogen (secondary N) is 2. The molecule has 0 aromatic rings. The second-order valence-electron chi connectivity index (χ2n) is 8.08. The maximum Gasteiger partial charge on any atom is 0.306 e. The van der Waals surface area contributed by atoms with Gasteiger partial charge in [-0.3, -0.25) is 9.59 Å². The molecule has 0 saturated carbocycles. The van der Waals surface area contributed by atoms with E-state index in [4.69, 9.17) is 29.3 Å². The molecule has 2 rings (SSSR count). The molecule has 2 fully saturated rings. The molecule has 0 amide bonds. The van der Waals surface area contributed by atoms with Gasteiger partial charge in [0.05, 0.1) is 25.2 Å². The van der Waals surface area contributed by atoms with Crippen molar-refractivity contribution in [2.75, 3.05) is 26.3 Å². The minimum Gasteiger partial charge on any atom is -0.543 e. The number of carboxylic acid groups (broad SMARTS) is 2. The lowest BCUT2D eigenvalue weighted by atomic mass is 9.90. The van der Waals surface area contributed by atoms with Crippen LogP contribution in [-0.2, 0) is 28.7 Å². The molecular formula is C22H38N2O8-2. The van der Waals surface area contributed by atoms with E-state index in [1.807, 2.05) is 13.8 Å². The fourth-order valence-electron chi connectivity index (χ4n) is 3.75. The average molecular weight is 459 g/mol. The molecule has 0 aromatic carbocycles. The SMILES string of the molecule is CCOC(=O)CC1CCNC(C)C1.CCOC(=O)CC1CCNC(C)C1.O=C([O-])C(=O)[O-]. The molecule has 0 aromatic heterocycles. The number of carbonyl (C=O) groups is 4. The highest BCUT2D eigenvalue weighted by Crippen LogP contribution is 2.20. The lowest BCUT2D eigenvalue weighted by molar-refractivity contribution is -0.345. The predicted molar refractivity (Wildman–Crippen MR) is 113 cm³/mol. The molecule has 10 heteroatoms. The molecule has 4 atom stereocenters. The smallest absolute Gasteiger partial charge is 0.306 e. The quantitative estimate of drug-likeness (QED) is 0.379. The number of hydrogen-bond acceptors (Lipinski definition) is 10. The summed E-state index contributed by atoms with van der Waals surface area (Å²) in [5, 5.41) is 24.6. The molecule has 2 aliphatic rings. The van der Waals surface area contributed by atoms with Crippen LogP contribution in [0.3, 0.4) is 0 Å². The first-order valence-electron chi connectivity index (χ1n) is 11.3. The van der Waals surface area contributed by atoms with Gasteiger partial charge in [-0.05, 0) is 78.3 Å². The number of carboxylic acids is 2. The summed E-state index contributed by atoms with van der Waals surface area (Å²) in [4.78, 5) is 40.2. The Kier molecular flexibility index (Phi) is 16.2. The molecule has 2 heterocycles. The van der Waals surface area contributed by atoms with Gasteiger partial charge in [-0.1, -0.05) is 0 Å². The van der Waals surface area contributed by atoms with Crippen molar-refractivity contribution in [3.8, 4) is 0 Å². The molecule has 0 bridgehead atoms. The standard InChI is InChI=1S/2C10H19NO2.C2H2O4/c2*1-3-13-10(12)7-9-4-5-11-8(2)6-9;3-1(4)2(5)6/h2*8-9,11H,3-7H2,1-2H3;(H,3,4)(H,5,6)/p-2. The van der Waals surface area contributed by atoms with Crippen LogP contribution >= 0.6 is 0 Å². The van der Waals surface area contributed by atoms with Crippen LogP contribution in [0, 0.1) is 11.8 Å². The Bertz CT molecular complexity index is 534. The van der Waals surface area contributed by atoms with E-state index in [0.717, 1.165) is 38.8 Å². The Morgan fingerprint density at radius 1 is 0.750 bits per heavy atom. The van der Waals surface area contributed by atoms with Crippen LogP contribution in [0.1, 0.15) is 66.2 Å². The van der Waals surface area contributed by atoms with Crippen LogP contribution in [0.5, 0.6) is 0 Å². The third kappa shape index (κ3) is 15.6. The van der Waals surface area contributed by atoms with Gasteiger partial charge in [0.1, 0.15) is 0 Å². The minimum atomic E-state index is -2.19. The van der Waals surface area contributed by atoms with Gasteiger partial charge in [-0.2, -0.15) is 0 Å². The molecule has 10 nitrogen and oxygen atoms in total. The fourth-order valence-corrected chi connectivity index (χ4v) is 3.75. The van der Waals surface area contributed by atoms with Crippen LogP contribution < -0.4 is 20.8 Å². The number of piperidine rings is 2. The van der Waals surface area contributed by atoms with Gasteiger partial charge in [0.25, 0.3) is 0 Å². The Labute approximate surface area is 190 Å².